The van der Waals surface area contributed by atoms with Gasteiger partial charge >= 0.3 is 0 Å². The largest absolute Gasteiger partial charge is 0.506 e. The standard InChI is InChI=1S/C15H17NO2/c17-13(10-12-6-2-1-3-7-12)11-16-14-8-4-5-9-15(14)18/h1-9,13,16-18H,10-11H2. The lowest BCUT2D eigenvalue weighted by Gasteiger charge is -2.13. The zero-order chi connectivity index (χ0) is 12.8. The fourth-order valence-corrected chi connectivity index (χ4v) is 1.81. The fraction of sp³-hybridized carbons (Fsp3) is 0.200. The van der Waals surface area contributed by atoms with Crippen LogP contribution in [0.5, 0.6) is 5.75 Å². The third-order valence-electron chi connectivity index (χ3n) is 2.75. The van der Waals surface area contributed by atoms with Gasteiger partial charge in [-0.1, -0.05) is 42.5 Å². The van der Waals surface area contributed by atoms with Crippen LogP contribution in [0.15, 0.2) is 54.6 Å². The van der Waals surface area contributed by atoms with Crippen molar-refractivity contribution in [2.75, 3.05) is 11.9 Å². The molecule has 0 heterocycles. The Labute approximate surface area is 107 Å². The van der Waals surface area contributed by atoms with E-state index in [1.54, 1.807) is 18.2 Å². The maximum Gasteiger partial charge on any atom is 0.138 e. The highest BCUT2D eigenvalue weighted by Gasteiger charge is 2.06. The second kappa shape index (κ2) is 6.07. The maximum atomic E-state index is 9.91. The Hall–Kier alpha value is -2.00. The molecule has 0 saturated carbocycles. The summed E-state index contributed by atoms with van der Waals surface area (Å²) >= 11 is 0. The SMILES string of the molecule is Oc1ccccc1NCC(O)Cc1ccccc1. The van der Waals surface area contributed by atoms with Crippen LogP contribution in [-0.4, -0.2) is 22.9 Å². The summed E-state index contributed by atoms with van der Waals surface area (Å²) < 4.78 is 0. The fourth-order valence-electron chi connectivity index (χ4n) is 1.81. The van der Waals surface area contributed by atoms with E-state index in [-0.39, 0.29) is 5.75 Å². The van der Waals surface area contributed by atoms with Crippen LogP contribution in [0.25, 0.3) is 0 Å². The average molecular weight is 243 g/mol. The van der Waals surface area contributed by atoms with Crippen LogP contribution in [0, 0.1) is 0 Å². The Morgan fingerprint density at radius 3 is 2.33 bits per heavy atom. The van der Waals surface area contributed by atoms with Crippen molar-refractivity contribution in [3.8, 4) is 5.75 Å². The topological polar surface area (TPSA) is 52.5 Å². The Balaban J connectivity index is 1.86. The van der Waals surface area contributed by atoms with E-state index in [1.165, 1.54) is 0 Å². The Kier molecular flexibility index (Phi) is 4.20. The van der Waals surface area contributed by atoms with Gasteiger partial charge in [-0.3, -0.25) is 0 Å². The van der Waals surface area contributed by atoms with Crippen molar-refractivity contribution in [1.82, 2.24) is 0 Å². The first-order valence-electron chi connectivity index (χ1n) is 5.99. The van der Waals surface area contributed by atoms with Gasteiger partial charge in [-0.2, -0.15) is 0 Å². The molecule has 1 unspecified atom stereocenters. The lowest BCUT2D eigenvalue weighted by molar-refractivity contribution is 0.188. The van der Waals surface area contributed by atoms with Crippen LogP contribution >= 0.6 is 0 Å². The molecule has 3 heteroatoms. The van der Waals surface area contributed by atoms with Crippen LogP contribution in [-0.2, 0) is 6.42 Å². The number of aliphatic hydroxyl groups is 1. The van der Waals surface area contributed by atoms with Gasteiger partial charge in [0.25, 0.3) is 0 Å². The van der Waals surface area contributed by atoms with E-state index in [0.29, 0.717) is 18.7 Å². The van der Waals surface area contributed by atoms with Crippen LogP contribution < -0.4 is 5.32 Å². The number of nitrogens with one attached hydrogen (secondary N) is 1. The maximum absolute atomic E-state index is 9.91. The number of aliphatic hydroxyl groups excluding tert-OH is 1. The molecule has 1 atom stereocenters. The predicted octanol–water partition coefficient (Wildman–Crippen LogP) is 2.41. The van der Waals surface area contributed by atoms with Crippen molar-refractivity contribution in [3.63, 3.8) is 0 Å². The second-order valence-electron chi connectivity index (χ2n) is 4.24. The monoisotopic (exact) mass is 243 g/mol. The summed E-state index contributed by atoms with van der Waals surface area (Å²) in [5.41, 5.74) is 1.74. The first-order valence-corrected chi connectivity index (χ1v) is 5.99. The molecular weight excluding hydrogens is 226 g/mol. The number of phenols is 1. The van der Waals surface area contributed by atoms with E-state index in [0.717, 1.165) is 5.56 Å². The Morgan fingerprint density at radius 2 is 1.61 bits per heavy atom. The van der Waals surface area contributed by atoms with E-state index in [9.17, 15) is 10.2 Å². The van der Waals surface area contributed by atoms with Crippen molar-refractivity contribution >= 4 is 5.69 Å². The highest BCUT2D eigenvalue weighted by molar-refractivity contribution is 5.55. The Bertz CT molecular complexity index is 485. The highest BCUT2D eigenvalue weighted by Crippen LogP contribution is 2.21. The number of aromatic hydroxyl groups is 1. The number of phenolic OH excluding ortho intramolecular Hbond substituents is 1. The van der Waals surface area contributed by atoms with Crippen molar-refractivity contribution < 1.29 is 10.2 Å². The second-order valence-corrected chi connectivity index (χ2v) is 4.24. The van der Waals surface area contributed by atoms with Gasteiger partial charge in [0.2, 0.25) is 0 Å². The molecule has 2 rings (SSSR count). The number of hydrogen-bond donors (Lipinski definition) is 3. The summed E-state index contributed by atoms with van der Waals surface area (Å²) in [5.74, 6) is 0.199. The zero-order valence-corrected chi connectivity index (χ0v) is 10.1. The molecular formula is C15H17NO2. The number of hydrogen-bond acceptors (Lipinski definition) is 3. The van der Waals surface area contributed by atoms with E-state index in [2.05, 4.69) is 5.32 Å². The quantitative estimate of drug-likeness (QED) is 0.707. The first kappa shape index (κ1) is 12.5. The van der Waals surface area contributed by atoms with Gasteiger partial charge in [0, 0.05) is 13.0 Å². The van der Waals surface area contributed by atoms with Gasteiger partial charge in [-0.05, 0) is 17.7 Å². The van der Waals surface area contributed by atoms with Crippen molar-refractivity contribution in [2.45, 2.75) is 12.5 Å². The van der Waals surface area contributed by atoms with Gasteiger partial charge in [0.05, 0.1) is 11.8 Å². The normalized spacial score (nSPS) is 12.1. The molecule has 0 amide bonds. The van der Waals surface area contributed by atoms with Gasteiger partial charge < -0.3 is 15.5 Å². The van der Waals surface area contributed by atoms with E-state index in [1.807, 2.05) is 36.4 Å². The minimum Gasteiger partial charge on any atom is -0.506 e. The van der Waals surface area contributed by atoms with Crippen molar-refractivity contribution in [3.05, 3.63) is 60.2 Å². The lowest BCUT2D eigenvalue weighted by Crippen LogP contribution is -2.21. The van der Waals surface area contributed by atoms with E-state index < -0.39 is 6.10 Å². The number of para-hydroxylation sites is 2. The van der Waals surface area contributed by atoms with Gasteiger partial charge in [-0.15, -0.1) is 0 Å². The van der Waals surface area contributed by atoms with Crippen molar-refractivity contribution in [2.24, 2.45) is 0 Å². The van der Waals surface area contributed by atoms with Gasteiger partial charge in [0.15, 0.2) is 0 Å². The summed E-state index contributed by atoms with van der Waals surface area (Å²) in [6.07, 6.45) is 0.119. The summed E-state index contributed by atoms with van der Waals surface area (Å²) in [4.78, 5) is 0. The molecule has 3 nitrogen and oxygen atoms in total. The van der Waals surface area contributed by atoms with Crippen LogP contribution in [0.3, 0.4) is 0 Å². The number of rotatable bonds is 5. The van der Waals surface area contributed by atoms with Crippen LogP contribution in [0.4, 0.5) is 5.69 Å². The minimum absolute atomic E-state index is 0.199. The summed E-state index contributed by atoms with van der Waals surface area (Å²) in [7, 11) is 0. The summed E-state index contributed by atoms with van der Waals surface area (Å²) in [6.45, 7) is 0.409. The number of anilines is 1. The van der Waals surface area contributed by atoms with Gasteiger partial charge in [-0.25, -0.2) is 0 Å². The molecule has 0 bridgehead atoms. The molecule has 94 valence electrons. The molecule has 0 aliphatic heterocycles. The third kappa shape index (κ3) is 3.50. The third-order valence-corrected chi connectivity index (χ3v) is 2.75. The smallest absolute Gasteiger partial charge is 0.138 e. The zero-order valence-electron chi connectivity index (χ0n) is 10.1. The first-order chi connectivity index (χ1) is 8.75. The lowest BCUT2D eigenvalue weighted by atomic mass is 10.1. The van der Waals surface area contributed by atoms with E-state index in [4.69, 9.17) is 0 Å². The molecule has 0 aliphatic carbocycles. The predicted molar refractivity (Wildman–Crippen MR) is 72.7 cm³/mol. The molecule has 0 aliphatic rings. The van der Waals surface area contributed by atoms with E-state index >= 15 is 0 Å². The number of benzene rings is 2. The molecule has 0 aromatic heterocycles. The molecule has 2 aromatic rings. The molecule has 2 aromatic carbocycles. The van der Waals surface area contributed by atoms with Crippen molar-refractivity contribution in [1.29, 1.82) is 0 Å². The summed E-state index contributed by atoms with van der Waals surface area (Å²) in [5, 5.41) is 22.5. The molecule has 0 fully saturated rings. The minimum atomic E-state index is -0.480. The molecule has 3 N–H and O–H groups in total. The molecule has 0 spiro atoms. The molecule has 0 saturated heterocycles. The summed E-state index contributed by atoms with van der Waals surface area (Å²) in [6, 6.07) is 16.8. The molecule has 0 radical (unpaired) electrons. The molecule has 18 heavy (non-hydrogen) atoms. The Morgan fingerprint density at radius 1 is 0.944 bits per heavy atom. The van der Waals surface area contributed by atoms with Crippen LogP contribution in [0.2, 0.25) is 0 Å². The highest BCUT2D eigenvalue weighted by atomic mass is 16.3. The van der Waals surface area contributed by atoms with Gasteiger partial charge in [0.1, 0.15) is 5.75 Å². The van der Waals surface area contributed by atoms with Crippen LogP contribution in [0.1, 0.15) is 5.56 Å². The average Bonchev–Trinajstić information content (AvgIpc) is 2.39.